The molecule has 0 bridgehead atoms. The van der Waals surface area contributed by atoms with Crippen LogP contribution < -0.4 is 0 Å². The van der Waals surface area contributed by atoms with Crippen LogP contribution in [0, 0.1) is 23.2 Å². The molecule has 1 atom stereocenters. The number of carbonyl (C=O) groups is 1. The number of halogens is 1. The Kier molecular flexibility index (Phi) is 5.18. The van der Waals surface area contributed by atoms with E-state index in [4.69, 9.17) is 16.9 Å². The van der Waals surface area contributed by atoms with E-state index < -0.39 is 5.92 Å². The van der Waals surface area contributed by atoms with E-state index in [-0.39, 0.29) is 11.8 Å². The molecule has 0 aliphatic carbocycles. The van der Waals surface area contributed by atoms with E-state index in [9.17, 15) is 4.79 Å². The lowest BCUT2D eigenvalue weighted by Gasteiger charge is -2.22. The molecule has 0 saturated heterocycles. The molecule has 1 amide bonds. The highest BCUT2D eigenvalue weighted by Gasteiger charge is 2.24. The Hall–Kier alpha value is -1.53. The van der Waals surface area contributed by atoms with E-state index in [1.165, 1.54) is 0 Å². The molecule has 0 N–H and O–H groups in total. The summed E-state index contributed by atoms with van der Waals surface area (Å²) in [5, 5.41) is 9.67. The number of rotatable bonds is 4. The van der Waals surface area contributed by atoms with Crippen LogP contribution in [-0.2, 0) is 11.3 Å². The third kappa shape index (κ3) is 3.75. The number of nitrogens with zero attached hydrogens (tertiary/aromatic N) is 2. The van der Waals surface area contributed by atoms with Gasteiger partial charge in [-0.25, -0.2) is 0 Å². The lowest BCUT2D eigenvalue weighted by Crippen LogP contribution is -2.34. The fraction of sp³-hybridized carbons (Fsp3) is 0.429. The molecule has 0 aliphatic heterocycles. The zero-order valence-electron chi connectivity index (χ0n) is 10.9. The summed E-state index contributed by atoms with van der Waals surface area (Å²) in [6.07, 6.45) is 0. The van der Waals surface area contributed by atoms with Crippen molar-refractivity contribution < 1.29 is 4.79 Å². The summed E-state index contributed by atoms with van der Waals surface area (Å²) >= 11 is 5.80. The minimum atomic E-state index is -0.581. The van der Waals surface area contributed by atoms with Gasteiger partial charge in [-0.2, -0.15) is 5.26 Å². The summed E-state index contributed by atoms with van der Waals surface area (Å²) in [6, 6.07) is 9.40. The maximum Gasteiger partial charge on any atom is 0.240 e. The molecule has 0 fully saturated rings. The highest BCUT2D eigenvalue weighted by molar-refractivity contribution is 6.30. The summed E-state index contributed by atoms with van der Waals surface area (Å²) in [6.45, 7) is 4.24. The Morgan fingerprint density at radius 2 is 1.94 bits per heavy atom. The van der Waals surface area contributed by atoms with Crippen molar-refractivity contribution in [1.29, 1.82) is 5.26 Å². The number of amides is 1. The number of hydrogen-bond acceptors (Lipinski definition) is 2. The quantitative estimate of drug-likeness (QED) is 0.839. The normalized spacial score (nSPS) is 12.0. The Bertz CT molecular complexity index is 448. The first-order chi connectivity index (χ1) is 8.45. The van der Waals surface area contributed by atoms with Crippen molar-refractivity contribution in [2.24, 2.45) is 11.8 Å². The van der Waals surface area contributed by atoms with Gasteiger partial charge in [0.25, 0.3) is 0 Å². The van der Waals surface area contributed by atoms with Crippen LogP contribution in [0.25, 0.3) is 0 Å². The average Bonchev–Trinajstić information content (AvgIpc) is 2.32. The summed E-state index contributed by atoms with van der Waals surface area (Å²) in [5.74, 6) is -0.695. The van der Waals surface area contributed by atoms with Gasteiger partial charge in [0.15, 0.2) is 0 Å². The van der Waals surface area contributed by atoms with Gasteiger partial charge in [0, 0.05) is 18.6 Å². The second-order valence-corrected chi connectivity index (χ2v) is 5.11. The van der Waals surface area contributed by atoms with Crippen molar-refractivity contribution in [2.45, 2.75) is 20.4 Å². The second-order valence-electron chi connectivity index (χ2n) is 4.67. The van der Waals surface area contributed by atoms with Crippen molar-refractivity contribution in [3.05, 3.63) is 34.9 Å². The predicted molar refractivity (Wildman–Crippen MR) is 71.9 cm³/mol. The van der Waals surface area contributed by atoms with Crippen LogP contribution in [0.15, 0.2) is 24.3 Å². The van der Waals surface area contributed by atoms with Crippen LogP contribution in [0.1, 0.15) is 19.4 Å². The van der Waals surface area contributed by atoms with Crippen molar-refractivity contribution in [3.63, 3.8) is 0 Å². The third-order valence-corrected chi connectivity index (χ3v) is 3.03. The van der Waals surface area contributed by atoms with E-state index in [0.717, 1.165) is 5.56 Å². The molecule has 96 valence electrons. The summed E-state index contributed by atoms with van der Waals surface area (Å²) in [4.78, 5) is 13.6. The largest absolute Gasteiger partial charge is 0.340 e. The fourth-order valence-corrected chi connectivity index (χ4v) is 1.79. The van der Waals surface area contributed by atoms with E-state index in [1.807, 2.05) is 26.0 Å². The standard InChI is InChI=1S/C14H17ClN2O/c1-10(2)13(8-16)14(18)17(3)9-11-4-6-12(15)7-5-11/h4-7,10,13H,9H2,1-3H3. The molecule has 3 nitrogen and oxygen atoms in total. The first-order valence-electron chi connectivity index (χ1n) is 5.84. The number of carbonyl (C=O) groups excluding carboxylic acids is 1. The number of hydrogen-bond donors (Lipinski definition) is 0. The average molecular weight is 265 g/mol. The fourth-order valence-electron chi connectivity index (χ4n) is 1.67. The van der Waals surface area contributed by atoms with Crippen molar-refractivity contribution in [1.82, 2.24) is 4.90 Å². The van der Waals surface area contributed by atoms with E-state index in [2.05, 4.69) is 6.07 Å². The minimum absolute atomic E-state index is 0.0233. The molecule has 0 heterocycles. The highest BCUT2D eigenvalue weighted by atomic mass is 35.5. The minimum Gasteiger partial charge on any atom is -0.340 e. The second kappa shape index (κ2) is 6.42. The van der Waals surface area contributed by atoms with E-state index in [1.54, 1.807) is 24.1 Å². The van der Waals surface area contributed by atoms with Crippen LogP contribution >= 0.6 is 11.6 Å². The molecule has 1 unspecified atom stereocenters. The Morgan fingerprint density at radius 3 is 2.39 bits per heavy atom. The van der Waals surface area contributed by atoms with Crippen LogP contribution in [0.3, 0.4) is 0 Å². The zero-order valence-corrected chi connectivity index (χ0v) is 11.6. The van der Waals surface area contributed by atoms with Crippen LogP contribution in [0.4, 0.5) is 0 Å². The van der Waals surface area contributed by atoms with E-state index in [0.29, 0.717) is 11.6 Å². The van der Waals surface area contributed by atoms with Gasteiger partial charge in [0.2, 0.25) is 5.91 Å². The van der Waals surface area contributed by atoms with Crippen molar-refractivity contribution >= 4 is 17.5 Å². The SMILES string of the molecule is CC(C)C(C#N)C(=O)N(C)Cc1ccc(Cl)cc1. The molecular formula is C14H17ClN2O. The summed E-state index contributed by atoms with van der Waals surface area (Å²) < 4.78 is 0. The number of nitriles is 1. The molecule has 0 spiro atoms. The Morgan fingerprint density at radius 1 is 1.39 bits per heavy atom. The topological polar surface area (TPSA) is 44.1 Å². The third-order valence-electron chi connectivity index (χ3n) is 2.78. The van der Waals surface area contributed by atoms with Gasteiger partial charge >= 0.3 is 0 Å². The summed E-state index contributed by atoms with van der Waals surface area (Å²) in [7, 11) is 1.71. The maximum atomic E-state index is 12.1. The number of benzene rings is 1. The van der Waals surface area contributed by atoms with Crippen molar-refractivity contribution in [3.8, 4) is 6.07 Å². The van der Waals surface area contributed by atoms with Crippen LogP contribution in [-0.4, -0.2) is 17.9 Å². The molecular weight excluding hydrogens is 248 g/mol. The van der Waals surface area contributed by atoms with Gasteiger partial charge in [-0.3, -0.25) is 4.79 Å². The van der Waals surface area contributed by atoms with Crippen LogP contribution in [0.2, 0.25) is 5.02 Å². The van der Waals surface area contributed by atoms with Crippen molar-refractivity contribution in [2.75, 3.05) is 7.05 Å². The molecule has 1 aromatic rings. The van der Waals surface area contributed by atoms with Crippen LogP contribution in [0.5, 0.6) is 0 Å². The monoisotopic (exact) mass is 264 g/mol. The predicted octanol–water partition coefficient (Wildman–Crippen LogP) is 3.09. The molecule has 0 radical (unpaired) electrons. The van der Waals surface area contributed by atoms with Gasteiger partial charge in [-0.05, 0) is 23.6 Å². The lowest BCUT2D eigenvalue weighted by atomic mass is 9.96. The summed E-state index contributed by atoms with van der Waals surface area (Å²) in [5.41, 5.74) is 0.996. The molecule has 0 aromatic heterocycles. The molecule has 1 rings (SSSR count). The molecule has 4 heteroatoms. The highest BCUT2D eigenvalue weighted by Crippen LogP contribution is 2.15. The van der Waals surface area contributed by atoms with Gasteiger partial charge in [0.05, 0.1) is 6.07 Å². The smallest absolute Gasteiger partial charge is 0.240 e. The van der Waals surface area contributed by atoms with Gasteiger partial charge in [-0.1, -0.05) is 37.6 Å². The molecule has 0 saturated carbocycles. The molecule has 0 aliphatic rings. The molecule has 18 heavy (non-hydrogen) atoms. The lowest BCUT2D eigenvalue weighted by molar-refractivity contribution is -0.134. The first kappa shape index (κ1) is 14.5. The first-order valence-corrected chi connectivity index (χ1v) is 6.22. The Labute approximate surface area is 113 Å². The zero-order chi connectivity index (χ0) is 13.7. The van der Waals surface area contributed by atoms with E-state index >= 15 is 0 Å². The Balaban J connectivity index is 2.71. The molecule has 1 aromatic carbocycles. The van der Waals surface area contributed by atoms with Gasteiger partial charge in [0.1, 0.15) is 5.92 Å². The van der Waals surface area contributed by atoms with Gasteiger partial charge in [-0.15, -0.1) is 0 Å². The maximum absolute atomic E-state index is 12.1. The van der Waals surface area contributed by atoms with Gasteiger partial charge < -0.3 is 4.90 Å².